The number of nitrogens with one attached hydrogen (secondary N) is 4. The molecule has 0 radical (unpaired) electrons. The Morgan fingerprint density at radius 3 is 2.10 bits per heavy atom. The molecule has 2 spiro atoms. The van der Waals surface area contributed by atoms with Crippen molar-refractivity contribution >= 4 is 29.5 Å². The van der Waals surface area contributed by atoms with E-state index in [1.54, 1.807) is 0 Å². The molecule has 228 valence electrons. The minimum absolute atomic E-state index is 0.0283. The lowest BCUT2D eigenvalue weighted by atomic mass is 9.73. The highest BCUT2D eigenvalue weighted by atomic mass is 16.5. The summed E-state index contributed by atoms with van der Waals surface area (Å²) in [5.74, 6) is -2.22. The Kier molecular flexibility index (Phi) is 7.54. The van der Waals surface area contributed by atoms with E-state index in [4.69, 9.17) is 10.5 Å². The van der Waals surface area contributed by atoms with Gasteiger partial charge in [0, 0.05) is 11.8 Å². The first-order chi connectivity index (χ1) is 19.1. The number of rotatable bonds is 9. The molecule has 5 fully saturated rings. The van der Waals surface area contributed by atoms with Gasteiger partial charge in [-0.05, 0) is 41.4 Å². The third-order valence-corrected chi connectivity index (χ3v) is 11.6. The fourth-order valence-electron chi connectivity index (χ4n) is 8.51. The fraction of sp³-hybridized carbons (Fsp3) is 0.833. The van der Waals surface area contributed by atoms with Crippen LogP contribution in [0, 0.1) is 27.6 Å². The average Bonchev–Trinajstić information content (AvgIpc) is 3.05. The quantitative estimate of drug-likeness (QED) is 0.247. The van der Waals surface area contributed by atoms with Crippen LogP contribution in [0.4, 0.5) is 4.79 Å². The number of ether oxygens (including phenoxy) is 1. The number of quaternary nitrogens is 1. The maximum absolute atomic E-state index is 14.4. The Bertz CT molecular complexity index is 1120. The number of likely N-dealkylation sites (tertiary alicyclic amines) is 1. The van der Waals surface area contributed by atoms with Gasteiger partial charge < -0.3 is 26.4 Å². The molecule has 3 saturated carbocycles. The van der Waals surface area contributed by atoms with Crippen molar-refractivity contribution in [2.45, 2.75) is 110 Å². The van der Waals surface area contributed by atoms with Crippen molar-refractivity contribution in [1.82, 2.24) is 16.0 Å². The summed E-state index contributed by atoms with van der Waals surface area (Å²) in [5.41, 5.74) is 4.63. The number of ketones is 1. The number of carbonyl (C=O) groups excluding carboxylic acids is 5. The number of hydrogen-bond acceptors (Lipinski definition) is 6. The summed E-state index contributed by atoms with van der Waals surface area (Å²) < 4.78 is 5.15. The molecule has 3 aliphatic carbocycles. The molecule has 11 heteroatoms. The molecule has 5 unspecified atom stereocenters. The van der Waals surface area contributed by atoms with Gasteiger partial charge in [-0.15, -0.1) is 0 Å². The van der Waals surface area contributed by atoms with Gasteiger partial charge in [0.2, 0.25) is 5.78 Å². The lowest BCUT2D eigenvalue weighted by Gasteiger charge is -2.34. The molecule has 6 N–H and O–H groups in total. The molecule has 5 amide bonds. The van der Waals surface area contributed by atoms with Crippen molar-refractivity contribution in [2.75, 3.05) is 19.8 Å². The largest absolute Gasteiger partial charge is 0.377 e. The van der Waals surface area contributed by atoms with Gasteiger partial charge in [-0.1, -0.05) is 60.3 Å². The van der Waals surface area contributed by atoms with Crippen LogP contribution in [0.25, 0.3) is 0 Å². The van der Waals surface area contributed by atoms with Crippen molar-refractivity contribution < 1.29 is 33.6 Å². The molecule has 2 saturated heterocycles. The van der Waals surface area contributed by atoms with Gasteiger partial charge in [-0.25, -0.2) is 9.59 Å². The number of nitrogens with two attached hydrogens (primary N) is 1. The van der Waals surface area contributed by atoms with E-state index in [0.29, 0.717) is 37.5 Å². The molecule has 0 bridgehead atoms. The number of amides is 5. The predicted octanol–water partition coefficient (Wildman–Crippen LogP) is 0.209. The van der Waals surface area contributed by atoms with Crippen molar-refractivity contribution in [3.63, 3.8) is 0 Å². The summed E-state index contributed by atoms with van der Waals surface area (Å²) >= 11 is 0. The topological polar surface area (TPSA) is 161 Å². The van der Waals surface area contributed by atoms with E-state index in [0.717, 1.165) is 38.5 Å². The third-order valence-electron chi connectivity index (χ3n) is 11.6. The van der Waals surface area contributed by atoms with Crippen LogP contribution in [0.1, 0.15) is 86.0 Å². The summed E-state index contributed by atoms with van der Waals surface area (Å²) in [6.07, 6.45) is 7.15. The van der Waals surface area contributed by atoms with E-state index >= 15 is 0 Å². The summed E-state index contributed by atoms with van der Waals surface area (Å²) in [6, 6.07) is -3.10. The summed E-state index contributed by atoms with van der Waals surface area (Å²) in [7, 11) is 0. The molecule has 5 rings (SSSR count). The highest BCUT2D eigenvalue weighted by molar-refractivity contribution is 6.37. The molecule has 11 nitrogen and oxygen atoms in total. The van der Waals surface area contributed by atoms with Crippen molar-refractivity contribution in [2.24, 2.45) is 33.3 Å². The first-order valence-electron chi connectivity index (χ1n) is 15.3. The summed E-state index contributed by atoms with van der Waals surface area (Å²) in [4.78, 5) is 66.4. The summed E-state index contributed by atoms with van der Waals surface area (Å²) in [6.45, 7) is 11.6. The standard InChI is InChI=1S/C30H47N5O6/c1-27(2,3)22(34-26(40)32-18-14-41-15-18)25(39)35-16-30(28(4,5)29(30)10-7-11-29)13-20(35)24(38)33-19(21(36)23(31)37)12-17-8-6-9-17/h17-20,22H,6-16H2,1-5H3,(H2,31,37)(H,33,38)(H2,32,34,40)/p+1. The molecule has 2 aliphatic heterocycles. The Morgan fingerprint density at radius 2 is 1.66 bits per heavy atom. The van der Waals surface area contributed by atoms with Gasteiger partial charge in [0.05, 0.1) is 31.8 Å². The van der Waals surface area contributed by atoms with Crippen LogP contribution in [-0.4, -0.2) is 73.5 Å². The predicted molar refractivity (Wildman–Crippen MR) is 149 cm³/mol. The van der Waals surface area contributed by atoms with E-state index in [1.165, 1.54) is 0 Å². The number of Topliss-reactive ketones (excluding diaryl/α,β-unsaturated/α-hetero) is 1. The fourth-order valence-corrected chi connectivity index (χ4v) is 8.51. The second-order valence-corrected chi connectivity index (χ2v) is 14.9. The number of primary amides is 1. The van der Waals surface area contributed by atoms with Crippen molar-refractivity contribution in [3.8, 4) is 0 Å². The summed E-state index contributed by atoms with van der Waals surface area (Å²) in [5, 5.41) is 8.62. The normalized spacial score (nSPS) is 31.2. The number of hydrogen-bond donors (Lipinski definition) is 5. The highest BCUT2D eigenvalue weighted by Gasteiger charge is 2.87. The van der Waals surface area contributed by atoms with Crippen LogP contribution in [-0.2, 0) is 23.9 Å². The molecule has 41 heavy (non-hydrogen) atoms. The van der Waals surface area contributed by atoms with Gasteiger partial charge in [0.25, 0.3) is 11.8 Å². The Balaban J connectivity index is 1.40. The van der Waals surface area contributed by atoms with E-state index in [9.17, 15) is 24.0 Å². The molecular formula is C30H48N5O6+. The first kappa shape index (κ1) is 29.9. The Morgan fingerprint density at radius 1 is 1.00 bits per heavy atom. The monoisotopic (exact) mass is 574 g/mol. The zero-order chi connectivity index (χ0) is 30.0. The zero-order valence-electron chi connectivity index (χ0n) is 25.2. The SMILES string of the molecule is CC(C)(C)C(NC(=O)NC1COC1)C(=O)[NH+]1CC2(CC1C(=O)NC(CC1CCC1)C(=O)C(N)=O)C(C)(C)C21CCC1. The van der Waals surface area contributed by atoms with Gasteiger partial charge in [-0.3, -0.25) is 19.3 Å². The minimum Gasteiger partial charge on any atom is -0.377 e. The van der Waals surface area contributed by atoms with Crippen molar-refractivity contribution in [1.29, 1.82) is 0 Å². The van der Waals surface area contributed by atoms with Crippen LogP contribution < -0.4 is 26.6 Å². The van der Waals surface area contributed by atoms with E-state index in [1.807, 2.05) is 20.8 Å². The van der Waals surface area contributed by atoms with Gasteiger partial charge in [-0.2, -0.15) is 0 Å². The lowest BCUT2D eigenvalue weighted by molar-refractivity contribution is -0.827. The third kappa shape index (κ3) is 4.86. The zero-order valence-corrected chi connectivity index (χ0v) is 25.2. The molecule has 5 aliphatic rings. The second kappa shape index (κ2) is 10.3. The highest BCUT2D eigenvalue weighted by Crippen LogP contribution is 2.87. The molecule has 5 atom stereocenters. The van der Waals surface area contributed by atoms with Gasteiger partial charge >= 0.3 is 11.9 Å². The maximum Gasteiger partial charge on any atom is 0.335 e. The van der Waals surface area contributed by atoms with Crippen molar-refractivity contribution in [3.05, 3.63) is 0 Å². The van der Waals surface area contributed by atoms with Crippen LogP contribution in [0.2, 0.25) is 0 Å². The number of fused-ring (bicyclic) bond motifs is 1. The second-order valence-electron chi connectivity index (χ2n) is 14.9. The van der Waals surface area contributed by atoms with Gasteiger partial charge in [0.15, 0.2) is 12.1 Å². The number of carbonyl (C=O) groups is 5. The Hall–Kier alpha value is -2.53. The van der Waals surface area contributed by atoms with Crippen LogP contribution >= 0.6 is 0 Å². The minimum atomic E-state index is -1.06. The number of urea groups is 1. The van der Waals surface area contributed by atoms with Crippen LogP contribution in [0.3, 0.4) is 0 Å². The molecule has 2 heterocycles. The van der Waals surface area contributed by atoms with E-state index < -0.39 is 47.2 Å². The molecule has 0 aromatic carbocycles. The molecule has 0 aromatic heterocycles. The smallest absolute Gasteiger partial charge is 0.335 e. The molecular weight excluding hydrogens is 526 g/mol. The lowest BCUT2D eigenvalue weighted by Crippen LogP contribution is -3.19. The maximum atomic E-state index is 14.4. The average molecular weight is 575 g/mol. The van der Waals surface area contributed by atoms with Crippen LogP contribution in [0.15, 0.2) is 0 Å². The van der Waals surface area contributed by atoms with E-state index in [2.05, 4.69) is 29.8 Å². The Labute approximate surface area is 242 Å². The van der Waals surface area contributed by atoms with Crippen LogP contribution in [0.5, 0.6) is 0 Å². The first-order valence-corrected chi connectivity index (χ1v) is 15.3. The van der Waals surface area contributed by atoms with Gasteiger partial charge in [0.1, 0.15) is 0 Å². The molecule has 0 aromatic rings. The van der Waals surface area contributed by atoms with E-state index in [-0.39, 0.29) is 34.1 Å².